The second kappa shape index (κ2) is 4.83. The molecule has 2 N–H and O–H groups in total. The minimum Gasteiger partial charge on any atom is -0.396 e. The molecule has 0 saturated carbocycles. The standard InChI is InChI=1S/C16H17NO/c18-11-10-12-5-3-7-16-14(12)9-8-13-4-1-2-6-15(13)17-16/h1-7,17-18H,8-11H2. The number of hydrogen-bond acceptors (Lipinski definition) is 2. The zero-order valence-electron chi connectivity index (χ0n) is 10.3. The molecule has 0 radical (unpaired) electrons. The topological polar surface area (TPSA) is 32.3 Å². The summed E-state index contributed by atoms with van der Waals surface area (Å²) in [5.41, 5.74) is 6.37. The van der Waals surface area contributed by atoms with E-state index in [0.717, 1.165) is 19.3 Å². The molecule has 2 aromatic carbocycles. The number of fused-ring (bicyclic) bond motifs is 2. The van der Waals surface area contributed by atoms with E-state index in [9.17, 15) is 0 Å². The van der Waals surface area contributed by atoms with Gasteiger partial charge in [0.25, 0.3) is 0 Å². The molecule has 0 aromatic heterocycles. The smallest absolute Gasteiger partial charge is 0.0471 e. The summed E-state index contributed by atoms with van der Waals surface area (Å²) < 4.78 is 0. The highest BCUT2D eigenvalue weighted by Crippen LogP contribution is 2.31. The van der Waals surface area contributed by atoms with Crippen LogP contribution >= 0.6 is 0 Å². The molecule has 3 rings (SSSR count). The van der Waals surface area contributed by atoms with E-state index in [1.807, 2.05) is 0 Å². The van der Waals surface area contributed by atoms with Gasteiger partial charge in [0.1, 0.15) is 0 Å². The molecule has 0 spiro atoms. The van der Waals surface area contributed by atoms with Crippen LogP contribution in [0.25, 0.3) is 0 Å². The van der Waals surface area contributed by atoms with E-state index in [4.69, 9.17) is 5.11 Å². The maximum absolute atomic E-state index is 9.14. The monoisotopic (exact) mass is 239 g/mol. The van der Waals surface area contributed by atoms with E-state index < -0.39 is 0 Å². The molecule has 1 aliphatic rings. The number of aryl methyl sites for hydroxylation is 1. The molecule has 0 saturated heterocycles. The lowest BCUT2D eigenvalue weighted by Gasteiger charge is -2.12. The van der Waals surface area contributed by atoms with Crippen LogP contribution in [0.15, 0.2) is 42.5 Å². The fraction of sp³-hybridized carbons (Fsp3) is 0.250. The third-order valence-corrected chi connectivity index (χ3v) is 3.59. The Labute approximate surface area is 107 Å². The van der Waals surface area contributed by atoms with Gasteiger partial charge in [0.15, 0.2) is 0 Å². The van der Waals surface area contributed by atoms with Crippen LogP contribution in [0.2, 0.25) is 0 Å². The van der Waals surface area contributed by atoms with Crippen molar-refractivity contribution in [2.24, 2.45) is 0 Å². The van der Waals surface area contributed by atoms with Crippen LogP contribution in [0.1, 0.15) is 16.7 Å². The Hall–Kier alpha value is -1.80. The van der Waals surface area contributed by atoms with Crippen LogP contribution in [-0.2, 0) is 19.3 Å². The van der Waals surface area contributed by atoms with Gasteiger partial charge < -0.3 is 10.4 Å². The average Bonchev–Trinajstić information content (AvgIpc) is 2.58. The van der Waals surface area contributed by atoms with Crippen LogP contribution in [-0.4, -0.2) is 11.7 Å². The SMILES string of the molecule is OCCc1cccc2c1CCc1ccccc1N2. The van der Waals surface area contributed by atoms with Crippen molar-refractivity contribution in [3.05, 3.63) is 59.2 Å². The highest BCUT2D eigenvalue weighted by molar-refractivity contribution is 5.69. The predicted molar refractivity (Wildman–Crippen MR) is 74.4 cm³/mol. The highest BCUT2D eigenvalue weighted by atomic mass is 16.2. The average molecular weight is 239 g/mol. The molecular formula is C16H17NO. The summed E-state index contributed by atoms with van der Waals surface area (Å²) in [6.07, 6.45) is 2.83. The summed E-state index contributed by atoms with van der Waals surface area (Å²) in [6, 6.07) is 14.8. The summed E-state index contributed by atoms with van der Waals surface area (Å²) >= 11 is 0. The fourth-order valence-electron chi connectivity index (χ4n) is 2.67. The Balaban J connectivity index is 2.03. The van der Waals surface area contributed by atoms with Crippen molar-refractivity contribution in [2.45, 2.75) is 19.3 Å². The number of benzene rings is 2. The first kappa shape index (κ1) is 11.3. The molecule has 0 unspecified atom stereocenters. The first-order valence-electron chi connectivity index (χ1n) is 6.45. The second-order valence-electron chi connectivity index (χ2n) is 4.70. The van der Waals surface area contributed by atoms with Crippen LogP contribution in [0, 0.1) is 0 Å². The first-order chi connectivity index (χ1) is 8.88. The van der Waals surface area contributed by atoms with Crippen molar-refractivity contribution < 1.29 is 5.11 Å². The zero-order valence-corrected chi connectivity index (χ0v) is 10.3. The fourth-order valence-corrected chi connectivity index (χ4v) is 2.67. The Bertz CT molecular complexity index is 563. The van der Waals surface area contributed by atoms with Crippen molar-refractivity contribution in [1.82, 2.24) is 0 Å². The van der Waals surface area contributed by atoms with E-state index in [0.29, 0.717) is 0 Å². The maximum atomic E-state index is 9.14. The Morgan fingerprint density at radius 2 is 1.78 bits per heavy atom. The van der Waals surface area contributed by atoms with E-state index in [1.54, 1.807) is 0 Å². The lowest BCUT2D eigenvalue weighted by Crippen LogP contribution is -2.00. The lowest BCUT2D eigenvalue weighted by molar-refractivity contribution is 0.299. The third-order valence-electron chi connectivity index (χ3n) is 3.59. The Morgan fingerprint density at radius 3 is 2.67 bits per heavy atom. The van der Waals surface area contributed by atoms with Crippen LogP contribution < -0.4 is 5.32 Å². The van der Waals surface area contributed by atoms with Crippen molar-refractivity contribution in [3.63, 3.8) is 0 Å². The summed E-state index contributed by atoms with van der Waals surface area (Å²) in [5.74, 6) is 0. The number of aliphatic hydroxyl groups is 1. The molecule has 2 nitrogen and oxygen atoms in total. The van der Waals surface area contributed by atoms with Gasteiger partial charge in [-0.2, -0.15) is 0 Å². The summed E-state index contributed by atoms with van der Waals surface area (Å²) in [5, 5.41) is 12.7. The van der Waals surface area contributed by atoms with Gasteiger partial charge in [-0.15, -0.1) is 0 Å². The number of aliphatic hydroxyl groups excluding tert-OH is 1. The number of para-hydroxylation sites is 1. The zero-order chi connectivity index (χ0) is 12.4. The van der Waals surface area contributed by atoms with Crippen LogP contribution in [0.3, 0.4) is 0 Å². The number of hydrogen-bond donors (Lipinski definition) is 2. The molecule has 2 aromatic rings. The summed E-state index contributed by atoms with van der Waals surface area (Å²) in [7, 11) is 0. The third kappa shape index (κ3) is 2.00. The van der Waals surface area contributed by atoms with E-state index >= 15 is 0 Å². The summed E-state index contributed by atoms with van der Waals surface area (Å²) in [6.45, 7) is 0.212. The molecule has 1 aliphatic heterocycles. The largest absolute Gasteiger partial charge is 0.396 e. The molecule has 0 aliphatic carbocycles. The molecular weight excluding hydrogens is 222 g/mol. The lowest BCUT2D eigenvalue weighted by atomic mass is 9.98. The van der Waals surface area contributed by atoms with Crippen LogP contribution in [0.5, 0.6) is 0 Å². The van der Waals surface area contributed by atoms with Gasteiger partial charge >= 0.3 is 0 Å². The van der Waals surface area contributed by atoms with Gasteiger partial charge in [0.2, 0.25) is 0 Å². The number of anilines is 2. The number of rotatable bonds is 2. The number of nitrogens with one attached hydrogen (secondary N) is 1. The van der Waals surface area contributed by atoms with Crippen LogP contribution in [0.4, 0.5) is 11.4 Å². The van der Waals surface area contributed by atoms with Crippen molar-refractivity contribution in [3.8, 4) is 0 Å². The minimum absolute atomic E-state index is 0.212. The van der Waals surface area contributed by atoms with Gasteiger partial charge in [0.05, 0.1) is 0 Å². The Kier molecular flexibility index (Phi) is 3.03. The maximum Gasteiger partial charge on any atom is 0.0471 e. The van der Waals surface area contributed by atoms with Crippen molar-refractivity contribution in [1.29, 1.82) is 0 Å². The molecule has 18 heavy (non-hydrogen) atoms. The minimum atomic E-state index is 0.212. The molecule has 0 fully saturated rings. The van der Waals surface area contributed by atoms with E-state index in [2.05, 4.69) is 47.8 Å². The van der Waals surface area contributed by atoms with Gasteiger partial charge in [0, 0.05) is 18.0 Å². The molecule has 2 heteroatoms. The molecule has 0 bridgehead atoms. The quantitative estimate of drug-likeness (QED) is 0.844. The van der Waals surface area contributed by atoms with Gasteiger partial charge in [-0.1, -0.05) is 30.3 Å². The first-order valence-corrected chi connectivity index (χ1v) is 6.45. The summed E-state index contributed by atoms with van der Waals surface area (Å²) in [4.78, 5) is 0. The van der Waals surface area contributed by atoms with Crippen molar-refractivity contribution in [2.75, 3.05) is 11.9 Å². The normalized spacial score (nSPS) is 13.2. The van der Waals surface area contributed by atoms with Gasteiger partial charge in [-0.3, -0.25) is 0 Å². The molecule has 1 heterocycles. The van der Waals surface area contributed by atoms with Gasteiger partial charge in [-0.05, 0) is 48.1 Å². The predicted octanol–water partition coefficient (Wildman–Crippen LogP) is 3.06. The second-order valence-corrected chi connectivity index (χ2v) is 4.70. The van der Waals surface area contributed by atoms with Crippen molar-refractivity contribution >= 4 is 11.4 Å². The molecule has 0 amide bonds. The highest BCUT2D eigenvalue weighted by Gasteiger charge is 2.14. The van der Waals surface area contributed by atoms with E-state index in [-0.39, 0.29) is 6.61 Å². The van der Waals surface area contributed by atoms with Gasteiger partial charge in [-0.25, -0.2) is 0 Å². The molecule has 92 valence electrons. The molecule has 0 atom stereocenters. The van der Waals surface area contributed by atoms with E-state index in [1.165, 1.54) is 28.1 Å². The Morgan fingerprint density at radius 1 is 0.944 bits per heavy atom.